The van der Waals surface area contributed by atoms with Crippen molar-refractivity contribution in [3.8, 4) is 0 Å². The SMILES string of the molecule is CCNc1cc(NCCS(=O)(=O)CC)nc(C(F)(F)F)n1. The van der Waals surface area contributed by atoms with Crippen LogP contribution in [0, 0.1) is 0 Å². The van der Waals surface area contributed by atoms with Crippen molar-refractivity contribution in [1.82, 2.24) is 9.97 Å². The molecule has 0 saturated carbocycles. The van der Waals surface area contributed by atoms with Gasteiger partial charge in [-0.25, -0.2) is 18.4 Å². The molecule has 0 unspecified atom stereocenters. The number of hydrogen-bond donors (Lipinski definition) is 2. The molecule has 0 aliphatic carbocycles. The molecule has 120 valence electrons. The molecule has 21 heavy (non-hydrogen) atoms. The maximum Gasteiger partial charge on any atom is 0.451 e. The van der Waals surface area contributed by atoms with Gasteiger partial charge in [-0.15, -0.1) is 0 Å². The minimum Gasteiger partial charge on any atom is -0.370 e. The van der Waals surface area contributed by atoms with Crippen LogP contribution in [0.3, 0.4) is 0 Å². The maximum atomic E-state index is 12.7. The van der Waals surface area contributed by atoms with Crippen LogP contribution in [0.25, 0.3) is 0 Å². The normalized spacial score (nSPS) is 12.2. The van der Waals surface area contributed by atoms with Gasteiger partial charge in [-0.2, -0.15) is 13.2 Å². The molecule has 1 rings (SSSR count). The highest BCUT2D eigenvalue weighted by Crippen LogP contribution is 2.28. The van der Waals surface area contributed by atoms with E-state index < -0.39 is 21.8 Å². The second-order valence-electron chi connectivity index (χ2n) is 4.15. The van der Waals surface area contributed by atoms with Crippen molar-refractivity contribution in [3.05, 3.63) is 11.9 Å². The molecule has 2 N–H and O–H groups in total. The molecule has 0 radical (unpaired) electrons. The standard InChI is InChI=1S/C11H17F3N4O2S/c1-3-15-8-7-9(16-5-6-21(19,20)4-2)18-10(17-8)11(12,13)14/h7H,3-6H2,1-2H3,(H2,15,16,17,18). The minimum absolute atomic E-state index is 0.0178. The van der Waals surface area contributed by atoms with E-state index in [0.717, 1.165) is 0 Å². The lowest BCUT2D eigenvalue weighted by atomic mass is 10.4. The summed E-state index contributed by atoms with van der Waals surface area (Å²) in [6, 6.07) is 1.30. The lowest BCUT2D eigenvalue weighted by Crippen LogP contribution is -2.19. The number of alkyl halides is 3. The van der Waals surface area contributed by atoms with Crippen LogP contribution in [-0.4, -0.2) is 43.0 Å². The van der Waals surface area contributed by atoms with E-state index in [9.17, 15) is 21.6 Å². The molecule has 1 aromatic rings. The second kappa shape index (κ2) is 6.92. The number of sulfone groups is 1. The van der Waals surface area contributed by atoms with E-state index in [4.69, 9.17) is 0 Å². The number of nitrogens with one attached hydrogen (secondary N) is 2. The van der Waals surface area contributed by atoms with E-state index in [-0.39, 0.29) is 29.7 Å². The van der Waals surface area contributed by atoms with Crippen LogP contribution >= 0.6 is 0 Å². The van der Waals surface area contributed by atoms with E-state index in [1.807, 2.05) is 0 Å². The number of nitrogens with zero attached hydrogens (tertiary/aromatic N) is 2. The number of anilines is 2. The van der Waals surface area contributed by atoms with Gasteiger partial charge in [-0.1, -0.05) is 6.92 Å². The predicted octanol–water partition coefficient (Wildman–Crippen LogP) is 1.77. The third-order valence-corrected chi connectivity index (χ3v) is 4.20. The second-order valence-corrected chi connectivity index (χ2v) is 6.63. The fourth-order valence-corrected chi connectivity index (χ4v) is 2.12. The molecule has 0 aromatic carbocycles. The Balaban J connectivity index is 2.88. The molecule has 1 aromatic heterocycles. The molecule has 10 heteroatoms. The van der Waals surface area contributed by atoms with Gasteiger partial charge in [-0.3, -0.25) is 0 Å². The largest absolute Gasteiger partial charge is 0.451 e. The van der Waals surface area contributed by atoms with E-state index in [0.29, 0.717) is 6.54 Å². The number of halogens is 3. The summed E-state index contributed by atoms with van der Waals surface area (Å²) < 4.78 is 60.7. The summed E-state index contributed by atoms with van der Waals surface area (Å²) in [6.45, 7) is 3.61. The van der Waals surface area contributed by atoms with Crippen molar-refractivity contribution in [2.24, 2.45) is 0 Å². The molecule has 0 amide bonds. The third kappa shape index (κ3) is 5.74. The Morgan fingerprint density at radius 3 is 2.19 bits per heavy atom. The van der Waals surface area contributed by atoms with Gasteiger partial charge in [0.1, 0.15) is 11.6 Å². The number of hydrogen-bond acceptors (Lipinski definition) is 6. The zero-order valence-corrected chi connectivity index (χ0v) is 12.5. The summed E-state index contributed by atoms with van der Waals surface area (Å²) in [5.41, 5.74) is 0. The molecule has 0 aliphatic heterocycles. The van der Waals surface area contributed by atoms with Gasteiger partial charge >= 0.3 is 6.18 Å². The van der Waals surface area contributed by atoms with E-state index in [2.05, 4.69) is 20.6 Å². The molecule has 0 spiro atoms. The minimum atomic E-state index is -4.67. The topological polar surface area (TPSA) is 84.0 Å². The first-order valence-electron chi connectivity index (χ1n) is 6.32. The Morgan fingerprint density at radius 1 is 1.14 bits per heavy atom. The van der Waals surface area contributed by atoms with Crippen LogP contribution in [0.5, 0.6) is 0 Å². The Bertz CT molecular complexity index is 575. The first kappa shape index (κ1) is 17.5. The zero-order chi connectivity index (χ0) is 16.1. The van der Waals surface area contributed by atoms with Crippen LogP contribution in [0.2, 0.25) is 0 Å². The summed E-state index contributed by atoms with van der Waals surface area (Å²) in [5, 5.41) is 5.24. The molecule has 0 atom stereocenters. The van der Waals surface area contributed by atoms with Crippen LogP contribution in [0.4, 0.5) is 24.8 Å². The smallest absolute Gasteiger partial charge is 0.370 e. The van der Waals surface area contributed by atoms with Gasteiger partial charge in [0.2, 0.25) is 5.82 Å². The fraction of sp³-hybridized carbons (Fsp3) is 0.636. The van der Waals surface area contributed by atoms with Crippen molar-refractivity contribution < 1.29 is 21.6 Å². The van der Waals surface area contributed by atoms with Crippen molar-refractivity contribution in [1.29, 1.82) is 0 Å². The summed E-state index contributed by atoms with van der Waals surface area (Å²) >= 11 is 0. The average Bonchev–Trinajstić information content (AvgIpc) is 2.38. The zero-order valence-electron chi connectivity index (χ0n) is 11.7. The molecule has 0 fully saturated rings. The van der Waals surface area contributed by atoms with E-state index >= 15 is 0 Å². The molecule has 0 aliphatic rings. The first-order valence-corrected chi connectivity index (χ1v) is 8.14. The third-order valence-electron chi connectivity index (χ3n) is 2.50. The summed E-state index contributed by atoms with van der Waals surface area (Å²) in [5.74, 6) is -1.51. The summed E-state index contributed by atoms with van der Waals surface area (Å²) in [4.78, 5) is 6.71. The van der Waals surface area contributed by atoms with Crippen molar-refractivity contribution >= 4 is 21.5 Å². The summed E-state index contributed by atoms with van der Waals surface area (Å²) in [6.07, 6.45) is -4.67. The van der Waals surface area contributed by atoms with Crippen LogP contribution in [-0.2, 0) is 16.0 Å². The van der Waals surface area contributed by atoms with Gasteiger partial charge in [-0.05, 0) is 6.92 Å². The van der Waals surface area contributed by atoms with E-state index in [1.165, 1.54) is 13.0 Å². The highest BCUT2D eigenvalue weighted by Gasteiger charge is 2.35. The monoisotopic (exact) mass is 326 g/mol. The molecule has 0 saturated heterocycles. The Morgan fingerprint density at radius 2 is 1.71 bits per heavy atom. The van der Waals surface area contributed by atoms with Crippen LogP contribution in [0.15, 0.2) is 6.07 Å². The van der Waals surface area contributed by atoms with E-state index in [1.54, 1.807) is 6.92 Å². The number of rotatable bonds is 7. The molecular formula is C11H17F3N4O2S. The highest BCUT2D eigenvalue weighted by molar-refractivity contribution is 7.91. The van der Waals surface area contributed by atoms with Crippen molar-refractivity contribution in [3.63, 3.8) is 0 Å². The first-order chi connectivity index (χ1) is 9.68. The van der Waals surface area contributed by atoms with Gasteiger partial charge in [0.15, 0.2) is 9.84 Å². The number of aromatic nitrogens is 2. The quantitative estimate of drug-likeness (QED) is 0.794. The average molecular weight is 326 g/mol. The highest BCUT2D eigenvalue weighted by atomic mass is 32.2. The molecule has 6 nitrogen and oxygen atoms in total. The predicted molar refractivity (Wildman–Crippen MR) is 74.0 cm³/mol. The van der Waals surface area contributed by atoms with Gasteiger partial charge in [0.05, 0.1) is 5.75 Å². The maximum absolute atomic E-state index is 12.7. The lowest BCUT2D eigenvalue weighted by Gasteiger charge is -2.12. The van der Waals surface area contributed by atoms with Gasteiger partial charge in [0, 0.05) is 24.9 Å². The Kier molecular flexibility index (Phi) is 5.76. The molecule has 0 bridgehead atoms. The van der Waals surface area contributed by atoms with Crippen molar-refractivity contribution in [2.75, 3.05) is 35.2 Å². The van der Waals surface area contributed by atoms with Gasteiger partial charge < -0.3 is 10.6 Å². The van der Waals surface area contributed by atoms with Gasteiger partial charge in [0.25, 0.3) is 0 Å². The molecule has 1 heterocycles. The van der Waals surface area contributed by atoms with Crippen LogP contribution in [0.1, 0.15) is 19.7 Å². The Labute approximate surface area is 121 Å². The van der Waals surface area contributed by atoms with Crippen molar-refractivity contribution in [2.45, 2.75) is 20.0 Å². The van der Waals surface area contributed by atoms with Crippen LogP contribution < -0.4 is 10.6 Å². The fourth-order valence-electron chi connectivity index (χ4n) is 1.42. The molecular weight excluding hydrogens is 309 g/mol. The lowest BCUT2D eigenvalue weighted by molar-refractivity contribution is -0.144. The Hall–Kier alpha value is -1.58. The summed E-state index contributed by atoms with van der Waals surface area (Å²) in [7, 11) is -3.19.